The second-order valence-corrected chi connectivity index (χ2v) is 10.5. The number of thioether (sulfide) groups is 1. The summed E-state index contributed by atoms with van der Waals surface area (Å²) < 4.78 is 0. The van der Waals surface area contributed by atoms with Crippen LogP contribution in [0.2, 0.25) is 5.02 Å². The van der Waals surface area contributed by atoms with Gasteiger partial charge in [-0.3, -0.25) is 9.59 Å². The van der Waals surface area contributed by atoms with Crippen molar-refractivity contribution in [3.05, 3.63) is 101 Å². The van der Waals surface area contributed by atoms with Crippen molar-refractivity contribution in [1.82, 2.24) is 10.2 Å². The summed E-state index contributed by atoms with van der Waals surface area (Å²) in [7, 11) is 0. The highest BCUT2D eigenvalue weighted by molar-refractivity contribution is 7.99. The Morgan fingerprint density at radius 3 is 2.31 bits per heavy atom. The first-order chi connectivity index (χ1) is 17.5. The predicted molar refractivity (Wildman–Crippen MR) is 150 cm³/mol. The summed E-state index contributed by atoms with van der Waals surface area (Å²) in [5.74, 6) is 0.502. The van der Waals surface area contributed by atoms with Crippen LogP contribution in [0.15, 0.2) is 83.8 Å². The normalized spacial score (nSPS) is 11.6. The zero-order chi connectivity index (χ0) is 25.8. The van der Waals surface area contributed by atoms with Gasteiger partial charge >= 0.3 is 0 Å². The Morgan fingerprint density at radius 2 is 1.64 bits per heavy atom. The van der Waals surface area contributed by atoms with Gasteiger partial charge in [-0.25, -0.2) is 0 Å². The highest BCUT2D eigenvalue weighted by Crippen LogP contribution is 2.22. The summed E-state index contributed by atoms with van der Waals surface area (Å²) in [6.07, 6.45) is 2.72. The van der Waals surface area contributed by atoms with Gasteiger partial charge in [-0.2, -0.15) is 0 Å². The molecule has 0 saturated heterocycles. The second-order valence-electron chi connectivity index (χ2n) is 8.91. The summed E-state index contributed by atoms with van der Waals surface area (Å²) in [6, 6.07) is 25.1. The van der Waals surface area contributed by atoms with E-state index >= 15 is 0 Å². The molecule has 3 aromatic carbocycles. The number of halogens is 1. The maximum atomic E-state index is 13.6. The lowest BCUT2D eigenvalue weighted by atomic mass is 10.0. The molecule has 0 saturated carbocycles. The number of benzene rings is 3. The Morgan fingerprint density at radius 1 is 0.944 bits per heavy atom. The molecule has 4 nitrogen and oxygen atoms in total. The summed E-state index contributed by atoms with van der Waals surface area (Å²) in [5, 5.41) is 3.76. The van der Waals surface area contributed by atoms with E-state index < -0.39 is 6.04 Å². The van der Waals surface area contributed by atoms with Crippen molar-refractivity contribution < 1.29 is 9.59 Å². The molecule has 6 heteroatoms. The first-order valence-corrected chi connectivity index (χ1v) is 13.9. The van der Waals surface area contributed by atoms with Gasteiger partial charge in [0.05, 0.1) is 0 Å². The van der Waals surface area contributed by atoms with Crippen molar-refractivity contribution in [1.29, 1.82) is 0 Å². The molecule has 0 bridgehead atoms. The number of rotatable bonds is 13. The van der Waals surface area contributed by atoms with Crippen LogP contribution < -0.4 is 5.32 Å². The van der Waals surface area contributed by atoms with Crippen LogP contribution >= 0.6 is 23.4 Å². The molecule has 2 amide bonds. The van der Waals surface area contributed by atoms with Crippen LogP contribution in [0.3, 0.4) is 0 Å². The molecule has 1 N–H and O–H groups in total. The minimum absolute atomic E-state index is 0.0244. The van der Waals surface area contributed by atoms with Crippen LogP contribution in [0, 0.1) is 6.92 Å². The molecule has 0 radical (unpaired) electrons. The molecule has 0 spiro atoms. The first-order valence-electron chi connectivity index (χ1n) is 12.5. The number of aryl methyl sites for hydroxylation is 1. The van der Waals surface area contributed by atoms with E-state index in [4.69, 9.17) is 11.6 Å². The SMILES string of the molecule is CCCCNC(=O)[C@@H](Cc1ccccc1)N(Cc1ccc(C)cc1)C(=O)CCSc1ccc(Cl)cc1. The number of amides is 2. The van der Waals surface area contributed by atoms with Crippen molar-refractivity contribution in [2.24, 2.45) is 0 Å². The number of carbonyl (C=O) groups is 2. The second kappa shape index (κ2) is 14.7. The van der Waals surface area contributed by atoms with Crippen molar-refractivity contribution >= 4 is 35.2 Å². The zero-order valence-electron chi connectivity index (χ0n) is 21.1. The third kappa shape index (κ3) is 9.03. The fourth-order valence-electron chi connectivity index (χ4n) is 3.88. The van der Waals surface area contributed by atoms with Gasteiger partial charge in [0.15, 0.2) is 0 Å². The monoisotopic (exact) mass is 522 g/mol. The average molecular weight is 523 g/mol. The minimum Gasteiger partial charge on any atom is -0.354 e. The van der Waals surface area contributed by atoms with Gasteiger partial charge in [-0.1, -0.05) is 85.1 Å². The molecule has 1 atom stereocenters. The van der Waals surface area contributed by atoms with Crippen molar-refractivity contribution in [2.75, 3.05) is 12.3 Å². The predicted octanol–water partition coefficient (Wildman–Crippen LogP) is 6.69. The minimum atomic E-state index is -0.585. The molecule has 3 aromatic rings. The van der Waals surface area contributed by atoms with Crippen molar-refractivity contribution in [3.63, 3.8) is 0 Å². The van der Waals surface area contributed by atoms with Crippen molar-refractivity contribution in [3.8, 4) is 0 Å². The van der Waals surface area contributed by atoms with Gasteiger partial charge in [0.1, 0.15) is 6.04 Å². The number of nitrogens with zero attached hydrogens (tertiary/aromatic N) is 1. The fourth-order valence-corrected chi connectivity index (χ4v) is 4.85. The summed E-state index contributed by atoms with van der Waals surface area (Å²) in [4.78, 5) is 29.9. The molecule has 36 heavy (non-hydrogen) atoms. The third-order valence-electron chi connectivity index (χ3n) is 5.97. The maximum absolute atomic E-state index is 13.6. The summed E-state index contributed by atoms with van der Waals surface area (Å²) in [6.45, 7) is 5.14. The van der Waals surface area contributed by atoms with Gasteiger partial charge in [0, 0.05) is 41.6 Å². The van der Waals surface area contributed by atoms with E-state index in [1.165, 1.54) is 0 Å². The molecule has 0 fully saturated rings. The molecular formula is C30H35ClN2O2S. The lowest BCUT2D eigenvalue weighted by Gasteiger charge is -2.31. The highest BCUT2D eigenvalue weighted by Gasteiger charge is 2.30. The fraction of sp³-hybridized carbons (Fsp3) is 0.333. The number of hydrogen-bond acceptors (Lipinski definition) is 3. The van der Waals surface area contributed by atoms with Crippen LogP contribution in [0.5, 0.6) is 0 Å². The molecule has 0 aliphatic heterocycles. The van der Waals surface area contributed by atoms with Crippen LogP contribution in [0.4, 0.5) is 0 Å². The van der Waals surface area contributed by atoms with E-state index in [0.29, 0.717) is 36.7 Å². The quantitative estimate of drug-likeness (QED) is 0.201. The molecule has 0 aliphatic carbocycles. The Kier molecular flexibility index (Phi) is 11.4. The largest absolute Gasteiger partial charge is 0.354 e. The van der Waals surface area contributed by atoms with Gasteiger partial charge < -0.3 is 10.2 Å². The topological polar surface area (TPSA) is 49.4 Å². The number of unbranched alkanes of at least 4 members (excludes halogenated alkanes) is 1. The number of carbonyl (C=O) groups excluding carboxylic acids is 2. The lowest BCUT2D eigenvalue weighted by Crippen LogP contribution is -2.50. The van der Waals surface area contributed by atoms with Crippen LogP contribution in [0.25, 0.3) is 0 Å². The van der Waals surface area contributed by atoms with Gasteiger partial charge in [0.25, 0.3) is 0 Å². The standard InChI is InChI=1S/C30H35ClN2O2S/c1-3-4-19-32-30(35)28(21-24-8-6-5-7-9-24)33(22-25-12-10-23(2)11-13-25)29(34)18-20-36-27-16-14-26(31)15-17-27/h5-17,28H,3-4,18-22H2,1-2H3,(H,32,35)/t28-/m1/s1. The van der Waals surface area contributed by atoms with E-state index in [1.807, 2.05) is 85.8 Å². The van der Waals surface area contributed by atoms with Crippen molar-refractivity contribution in [2.45, 2.75) is 57.0 Å². The molecule has 190 valence electrons. The molecular weight excluding hydrogens is 488 g/mol. The Balaban J connectivity index is 1.81. The van der Waals surface area contributed by atoms with E-state index in [1.54, 1.807) is 16.7 Å². The smallest absolute Gasteiger partial charge is 0.243 e. The number of hydrogen-bond donors (Lipinski definition) is 1. The van der Waals surface area contributed by atoms with Gasteiger partial charge in [-0.05, 0) is 48.7 Å². The Hall–Kier alpha value is -2.76. The first kappa shape index (κ1) is 27.8. The third-order valence-corrected chi connectivity index (χ3v) is 7.24. The highest BCUT2D eigenvalue weighted by atomic mass is 35.5. The lowest BCUT2D eigenvalue weighted by molar-refractivity contribution is -0.141. The molecule has 3 rings (SSSR count). The Bertz CT molecular complexity index is 1090. The molecule has 0 aromatic heterocycles. The van der Waals surface area contributed by atoms with Crippen LogP contribution in [0.1, 0.15) is 42.9 Å². The van der Waals surface area contributed by atoms with E-state index in [0.717, 1.165) is 34.4 Å². The summed E-state index contributed by atoms with van der Waals surface area (Å²) in [5.41, 5.74) is 3.21. The van der Waals surface area contributed by atoms with Crippen LogP contribution in [-0.2, 0) is 22.6 Å². The number of nitrogens with one attached hydrogen (secondary N) is 1. The average Bonchev–Trinajstić information content (AvgIpc) is 2.89. The molecule has 0 unspecified atom stereocenters. The molecule has 0 heterocycles. The summed E-state index contributed by atoms with van der Waals surface area (Å²) >= 11 is 7.61. The van der Waals surface area contributed by atoms with E-state index in [2.05, 4.69) is 12.2 Å². The molecule has 0 aliphatic rings. The zero-order valence-corrected chi connectivity index (χ0v) is 22.7. The Labute approximate surface area is 224 Å². The van der Waals surface area contributed by atoms with Gasteiger partial charge in [0.2, 0.25) is 11.8 Å². The van der Waals surface area contributed by atoms with Gasteiger partial charge in [-0.15, -0.1) is 11.8 Å². The van der Waals surface area contributed by atoms with E-state index in [9.17, 15) is 9.59 Å². The maximum Gasteiger partial charge on any atom is 0.243 e. The van der Waals surface area contributed by atoms with E-state index in [-0.39, 0.29) is 11.8 Å². The van der Waals surface area contributed by atoms with Crippen LogP contribution in [-0.4, -0.2) is 35.1 Å².